The van der Waals surface area contributed by atoms with E-state index in [1.807, 2.05) is 0 Å². The Balaban J connectivity index is 1.48. The van der Waals surface area contributed by atoms with E-state index in [9.17, 15) is 4.79 Å². The van der Waals surface area contributed by atoms with Crippen molar-refractivity contribution in [1.82, 2.24) is 10.2 Å². The topological polar surface area (TPSA) is 41.6 Å². The van der Waals surface area contributed by atoms with Crippen LogP contribution in [0.5, 0.6) is 0 Å². The fourth-order valence-electron chi connectivity index (χ4n) is 3.38. The first-order valence-corrected chi connectivity index (χ1v) is 8.40. The predicted molar refractivity (Wildman–Crippen MR) is 86.6 cm³/mol. The van der Waals surface area contributed by atoms with Gasteiger partial charge in [0.2, 0.25) is 5.91 Å². The number of nitrogens with zero attached hydrogens (tertiary/aromatic N) is 1. The molecule has 0 radical (unpaired) electrons. The Bertz CT molecular complexity index is 512. The molecule has 2 heterocycles. The summed E-state index contributed by atoms with van der Waals surface area (Å²) >= 11 is 0. The number of carbonyl (C=O) groups is 1. The maximum Gasteiger partial charge on any atom is 0.223 e. The third kappa shape index (κ3) is 3.68. The second-order valence-corrected chi connectivity index (χ2v) is 6.47. The number of hydrogen-bond acceptors (Lipinski definition) is 3. The molecular formula is C18H26N2O2. The minimum Gasteiger partial charge on any atom is -0.381 e. The molecule has 2 aliphatic rings. The average molecular weight is 302 g/mol. The molecule has 1 unspecified atom stereocenters. The van der Waals surface area contributed by atoms with E-state index >= 15 is 0 Å². The molecule has 0 saturated carbocycles. The third-order valence-corrected chi connectivity index (χ3v) is 4.95. The Morgan fingerprint density at radius 2 is 2.05 bits per heavy atom. The fraction of sp³-hybridized carbons (Fsp3) is 0.611. The van der Waals surface area contributed by atoms with Gasteiger partial charge in [0.15, 0.2) is 0 Å². The second kappa shape index (κ2) is 7.25. The summed E-state index contributed by atoms with van der Waals surface area (Å²) in [5, 5.41) is 3.14. The zero-order valence-electron chi connectivity index (χ0n) is 13.4. The van der Waals surface area contributed by atoms with E-state index in [0.29, 0.717) is 6.04 Å². The van der Waals surface area contributed by atoms with Crippen molar-refractivity contribution in [3.8, 4) is 0 Å². The van der Waals surface area contributed by atoms with Crippen LogP contribution in [-0.4, -0.2) is 43.2 Å². The highest BCUT2D eigenvalue weighted by atomic mass is 16.5. The van der Waals surface area contributed by atoms with Crippen molar-refractivity contribution in [2.75, 3.05) is 26.3 Å². The first kappa shape index (κ1) is 15.5. The lowest BCUT2D eigenvalue weighted by Crippen LogP contribution is -2.46. The maximum absolute atomic E-state index is 12.2. The van der Waals surface area contributed by atoms with Crippen LogP contribution < -0.4 is 5.32 Å². The van der Waals surface area contributed by atoms with Crippen LogP contribution in [0.25, 0.3) is 0 Å². The summed E-state index contributed by atoms with van der Waals surface area (Å²) < 4.78 is 5.32. The van der Waals surface area contributed by atoms with Gasteiger partial charge in [-0.3, -0.25) is 9.69 Å². The van der Waals surface area contributed by atoms with Crippen LogP contribution in [0.4, 0.5) is 0 Å². The van der Waals surface area contributed by atoms with Crippen molar-refractivity contribution in [3.63, 3.8) is 0 Å². The Labute approximate surface area is 132 Å². The summed E-state index contributed by atoms with van der Waals surface area (Å²) in [7, 11) is 0. The van der Waals surface area contributed by atoms with Crippen LogP contribution in [0, 0.1) is 5.92 Å². The van der Waals surface area contributed by atoms with Crippen LogP contribution >= 0.6 is 0 Å². The molecule has 1 aromatic carbocycles. The molecule has 120 valence electrons. The van der Waals surface area contributed by atoms with E-state index in [1.165, 1.54) is 11.1 Å². The first-order chi connectivity index (χ1) is 10.7. The molecule has 3 rings (SSSR count). The summed E-state index contributed by atoms with van der Waals surface area (Å²) in [6, 6.07) is 9.04. The van der Waals surface area contributed by atoms with E-state index in [4.69, 9.17) is 4.74 Å². The Kier molecular flexibility index (Phi) is 5.11. The molecule has 1 saturated heterocycles. The third-order valence-electron chi connectivity index (χ3n) is 4.95. The predicted octanol–water partition coefficient (Wildman–Crippen LogP) is 1.98. The Morgan fingerprint density at radius 3 is 2.82 bits per heavy atom. The van der Waals surface area contributed by atoms with Crippen LogP contribution in [0.1, 0.15) is 30.9 Å². The van der Waals surface area contributed by atoms with Gasteiger partial charge in [-0.05, 0) is 37.3 Å². The van der Waals surface area contributed by atoms with Crippen LogP contribution in [0.15, 0.2) is 24.3 Å². The van der Waals surface area contributed by atoms with Gasteiger partial charge in [-0.15, -0.1) is 0 Å². The Hall–Kier alpha value is -1.39. The SMILES string of the molecule is CC(CNC(=O)C1CCOCC1)N1CCc2ccccc2C1. The Morgan fingerprint density at radius 1 is 1.32 bits per heavy atom. The molecule has 1 amide bonds. The first-order valence-electron chi connectivity index (χ1n) is 8.40. The molecule has 4 heteroatoms. The summed E-state index contributed by atoms with van der Waals surface area (Å²) in [5.74, 6) is 0.343. The number of ether oxygens (including phenoxy) is 1. The highest BCUT2D eigenvalue weighted by molar-refractivity contribution is 5.78. The summed E-state index contributed by atoms with van der Waals surface area (Å²) in [6.45, 7) is 6.44. The molecule has 1 fully saturated rings. The number of fused-ring (bicyclic) bond motifs is 1. The standard InChI is InChI=1S/C18H26N2O2/c1-14(12-19-18(21)16-7-10-22-11-8-16)20-9-6-15-4-2-3-5-17(15)13-20/h2-5,14,16H,6-13H2,1H3,(H,19,21). The van der Waals surface area contributed by atoms with Crippen LogP contribution in [-0.2, 0) is 22.5 Å². The highest BCUT2D eigenvalue weighted by Crippen LogP contribution is 2.20. The maximum atomic E-state index is 12.2. The lowest BCUT2D eigenvalue weighted by molar-refractivity contribution is -0.128. The van der Waals surface area contributed by atoms with E-state index in [0.717, 1.165) is 52.1 Å². The molecule has 22 heavy (non-hydrogen) atoms. The van der Waals surface area contributed by atoms with E-state index < -0.39 is 0 Å². The van der Waals surface area contributed by atoms with Gasteiger partial charge >= 0.3 is 0 Å². The van der Waals surface area contributed by atoms with Crippen molar-refractivity contribution in [3.05, 3.63) is 35.4 Å². The van der Waals surface area contributed by atoms with Gasteiger partial charge in [0.05, 0.1) is 0 Å². The van der Waals surface area contributed by atoms with Crippen molar-refractivity contribution in [2.45, 2.75) is 38.8 Å². The van der Waals surface area contributed by atoms with Gasteiger partial charge in [0.25, 0.3) is 0 Å². The van der Waals surface area contributed by atoms with Crippen LogP contribution in [0.3, 0.4) is 0 Å². The van der Waals surface area contributed by atoms with E-state index in [-0.39, 0.29) is 11.8 Å². The minimum absolute atomic E-state index is 0.142. The van der Waals surface area contributed by atoms with E-state index in [1.54, 1.807) is 0 Å². The number of rotatable bonds is 4. The molecule has 4 nitrogen and oxygen atoms in total. The summed E-state index contributed by atoms with van der Waals surface area (Å²) in [5.41, 5.74) is 2.90. The number of hydrogen-bond donors (Lipinski definition) is 1. The monoisotopic (exact) mass is 302 g/mol. The number of benzene rings is 1. The zero-order valence-corrected chi connectivity index (χ0v) is 13.4. The normalized spacial score (nSPS) is 21.1. The fourth-order valence-corrected chi connectivity index (χ4v) is 3.38. The van der Waals surface area contributed by atoms with Gasteiger partial charge in [-0.25, -0.2) is 0 Å². The summed E-state index contributed by atoms with van der Waals surface area (Å²) in [4.78, 5) is 14.7. The molecular weight excluding hydrogens is 276 g/mol. The summed E-state index contributed by atoms with van der Waals surface area (Å²) in [6.07, 6.45) is 2.82. The van der Waals surface area contributed by atoms with Gasteiger partial charge in [0, 0.05) is 44.8 Å². The van der Waals surface area contributed by atoms with Crippen molar-refractivity contribution in [2.24, 2.45) is 5.92 Å². The lowest BCUT2D eigenvalue weighted by atomic mass is 9.98. The molecule has 0 spiro atoms. The number of nitrogens with one attached hydrogen (secondary N) is 1. The van der Waals surface area contributed by atoms with Crippen LogP contribution in [0.2, 0.25) is 0 Å². The molecule has 0 bridgehead atoms. The second-order valence-electron chi connectivity index (χ2n) is 6.47. The molecule has 1 N–H and O–H groups in total. The highest BCUT2D eigenvalue weighted by Gasteiger charge is 2.24. The van der Waals surface area contributed by atoms with Gasteiger partial charge < -0.3 is 10.1 Å². The molecule has 0 aromatic heterocycles. The largest absolute Gasteiger partial charge is 0.381 e. The molecule has 1 atom stereocenters. The molecule has 2 aliphatic heterocycles. The van der Waals surface area contributed by atoms with Gasteiger partial charge in [-0.1, -0.05) is 24.3 Å². The van der Waals surface area contributed by atoms with Crippen molar-refractivity contribution in [1.29, 1.82) is 0 Å². The average Bonchev–Trinajstić information content (AvgIpc) is 2.59. The molecule has 0 aliphatic carbocycles. The van der Waals surface area contributed by atoms with E-state index in [2.05, 4.69) is 41.4 Å². The quantitative estimate of drug-likeness (QED) is 0.924. The number of carbonyl (C=O) groups excluding carboxylic acids is 1. The van der Waals surface area contributed by atoms with Gasteiger partial charge in [0.1, 0.15) is 0 Å². The van der Waals surface area contributed by atoms with Crippen molar-refractivity contribution >= 4 is 5.91 Å². The zero-order chi connectivity index (χ0) is 15.4. The molecule has 1 aromatic rings. The lowest BCUT2D eigenvalue weighted by Gasteiger charge is -2.34. The minimum atomic E-state index is 0.142. The van der Waals surface area contributed by atoms with Gasteiger partial charge in [-0.2, -0.15) is 0 Å². The smallest absolute Gasteiger partial charge is 0.223 e. The van der Waals surface area contributed by atoms with Crippen molar-refractivity contribution < 1.29 is 9.53 Å². The number of amides is 1.